The summed E-state index contributed by atoms with van der Waals surface area (Å²) in [7, 11) is -3.65. The SMILES string of the molecule is C=C(C)c1ccccc1CC[C@H](OS(=O)(=O)CC)c1cccc(/C=C/c2ccc3ccc(Cl)cc3n2)c1. The summed E-state index contributed by atoms with van der Waals surface area (Å²) in [4.78, 5) is 4.67. The van der Waals surface area contributed by atoms with E-state index in [9.17, 15) is 8.42 Å². The molecule has 0 fully saturated rings. The van der Waals surface area contributed by atoms with Gasteiger partial charge >= 0.3 is 0 Å². The maximum absolute atomic E-state index is 12.4. The normalized spacial score (nSPS) is 12.7. The van der Waals surface area contributed by atoms with Crippen LogP contribution in [0.15, 0.2) is 85.4 Å². The first-order valence-corrected chi connectivity index (χ1v) is 14.2. The molecule has 0 N–H and O–H groups in total. The Bertz CT molecular complexity index is 1560. The van der Waals surface area contributed by atoms with E-state index in [1.807, 2.05) is 91.9 Å². The van der Waals surface area contributed by atoms with Crippen LogP contribution in [-0.4, -0.2) is 19.2 Å². The zero-order chi connectivity index (χ0) is 26.4. The molecule has 0 saturated carbocycles. The second-order valence-electron chi connectivity index (χ2n) is 8.98. The lowest BCUT2D eigenvalue weighted by Gasteiger charge is -2.19. The van der Waals surface area contributed by atoms with Crippen LogP contribution in [0.25, 0.3) is 28.6 Å². The van der Waals surface area contributed by atoms with Crippen LogP contribution in [0.2, 0.25) is 5.02 Å². The van der Waals surface area contributed by atoms with Gasteiger partial charge in [-0.25, -0.2) is 4.98 Å². The van der Waals surface area contributed by atoms with Gasteiger partial charge in [-0.1, -0.05) is 84.4 Å². The van der Waals surface area contributed by atoms with E-state index >= 15 is 0 Å². The van der Waals surface area contributed by atoms with Gasteiger partial charge in [0, 0.05) is 10.4 Å². The lowest BCUT2D eigenvalue weighted by Crippen LogP contribution is -2.15. The minimum atomic E-state index is -3.65. The van der Waals surface area contributed by atoms with Crippen molar-refractivity contribution in [3.63, 3.8) is 0 Å². The number of rotatable bonds is 10. The van der Waals surface area contributed by atoms with Gasteiger partial charge in [-0.3, -0.25) is 4.18 Å². The molecular formula is C31H30ClNO3S. The van der Waals surface area contributed by atoms with Crippen LogP contribution >= 0.6 is 11.6 Å². The predicted octanol–water partition coefficient (Wildman–Crippen LogP) is 8.13. The number of fused-ring (bicyclic) bond motifs is 1. The molecule has 0 saturated heterocycles. The minimum Gasteiger partial charge on any atom is -0.262 e. The number of hydrogen-bond acceptors (Lipinski definition) is 4. The smallest absolute Gasteiger partial charge is 0.262 e. The number of aryl methyl sites for hydroxylation is 1. The van der Waals surface area contributed by atoms with Gasteiger partial charge in [-0.05, 0) is 79.3 Å². The fraction of sp³-hybridized carbons (Fsp3) is 0.194. The summed E-state index contributed by atoms with van der Waals surface area (Å²) in [6, 6.07) is 25.4. The fourth-order valence-electron chi connectivity index (χ4n) is 4.20. The van der Waals surface area contributed by atoms with Crippen molar-refractivity contribution >= 4 is 50.3 Å². The maximum Gasteiger partial charge on any atom is 0.267 e. The molecule has 1 atom stereocenters. The van der Waals surface area contributed by atoms with Crippen molar-refractivity contribution < 1.29 is 12.6 Å². The molecule has 1 heterocycles. The highest BCUT2D eigenvalue weighted by Gasteiger charge is 2.21. The van der Waals surface area contributed by atoms with E-state index in [1.54, 1.807) is 6.92 Å². The van der Waals surface area contributed by atoms with Crippen molar-refractivity contribution in [2.75, 3.05) is 5.75 Å². The number of benzene rings is 3. The van der Waals surface area contributed by atoms with Crippen molar-refractivity contribution in [3.05, 3.63) is 118 Å². The molecule has 4 nitrogen and oxygen atoms in total. The molecule has 190 valence electrons. The number of aromatic nitrogens is 1. The molecule has 0 bridgehead atoms. The number of hydrogen-bond donors (Lipinski definition) is 0. The van der Waals surface area contributed by atoms with Gasteiger partial charge in [0.05, 0.1) is 17.0 Å². The summed E-state index contributed by atoms with van der Waals surface area (Å²) < 4.78 is 30.5. The molecule has 4 rings (SSSR count). The Morgan fingerprint density at radius 3 is 2.59 bits per heavy atom. The van der Waals surface area contributed by atoms with Gasteiger partial charge in [-0.15, -0.1) is 0 Å². The monoisotopic (exact) mass is 531 g/mol. The summed E-state index contributed by atoms with van der Waals surface area (Å²) in [5.41, 5.74) is 6.55. The molecular weight excluding hydrogens is 502 g/mol. The second kappa shape index (κ2) is 11.9. The Labute approximate surface area is 224 Å². The van der Waals surface area contributed by atoms with Crippen LogP contribution in [0.5, 0.6) is 0 Å². The van der Waals surface area contributed by atoms with Gasteiger partial charge in [-0.2, -0.15) is 8.42 Å². The van der Waals surface area contributed by atoms with Crippen molar-refractivity contribution in [2.24, 2.45) is 0 Å². The molecule has 0 radical (unpaired) electrons. The Balaban J connectivity index is 1.59. The minimum absolute atomic E-state index is 0.0803. The van der Waals surface area contributed by atoms with Crippen molar-refractivity contribution in [2.45, 2.75) is 32.8 Å². The summed E-state index contributed by atoms with van der Waals surface area (Å²) in [6.45, 7) is 7.64. The van der Waals surface area contributed by atoms with E-state index in [2.05, 4.69) is 17.6 Å². The van der Waals surface area contributed by atoms with Crippen molar-refractivity contribution in [1.82, 2.24) is 4.98 Å². The zero-order valence-corrected chi connectivity index (χ0v) is 22.6. The second-order valence-corrected chi connectivity index (χ2v) is 11.3. The third-order valence-electron chi connectivity index (χ3n) is 6.17. The molecule has 0 unspecified atom stereocenters. The van der Waals surface area contributed by atoms with E-state index in [0.717, 1.165) is 44.4 Å². The van der Waals surface area contributed by atoms with Crippen LogP contribution in [0, 0.1) is 0 Å². The lowest BCUT2D eigenvalue weighted by atomic mass is 9.95. The maximum atomic E-state index is 12.4. The van der Waals surface area contributed by atoms with Crippen molar-refractivity contribution in [3.8, 4) is 0 Å². The first-order chi connectivity index (χ1) is 17.7. The average molecular weight is 532 g/mol. The van der Waals surface area contributed by atoms with Gasteiger partial charge in [0.25, 0.3) is 10.1 Å². The third-order valence-corrected chi connectivity index (χ3v) is 7.64. The van der Waals surface area contributed by atoms with Crippen molar-refractivity contribution in [1.29, 1.82) is 0 Å². The van der Waals surface area contributed by atoms with Gasteiger partial charge in [0.15, 0.2) is 0 Å². The van der Waals surface area contributed by atoms with E-state index in [4.69, 9.17) is 15.8 Å². The number of halogens is 1. The molecule has 0 aliphatic heterocycles. The highest BCUT2D eigenvalue weighted by atomic mass is 35.5. The summed E-state index contributed by atoms with van der Waals surface area (Å²) >= 11 is 6.12. The quantitative estimate of drug-likeness (QED) is 0.194. The number of allylic oxidation sites excluding steroid dienone is 1. The highest BCUT2D eigenvalue weighted by molar-refractivity contribution is 7.86. The Kier molecular flexibility index (Phi) is 8.59. The number of pyridine rings is 1. The Morgan fingerprint density at radius 1 is 1.03 bits per heavy atom. The van der Waals surface area contributed by atoms with E-state index in [-0.39, 0.29) is 5.75 Å². The summed E-state index contributed by atoms with van der Waals surface area (Å²) in [5.74, 6) is -0.0803. The third kappa shape index (κ3) is 7.16. The first kappa shape index (κ1) is 26.8. The van der Waals surface area contributed by atoms with Gasteiger partial charge in [0.2, 0.25) is 0 Å². The van der Waals surface area contributed by atoms with E-state index in [1.165, 1.54) is 0 Å². The van der Waals surface area contributed by atoms with E-state index < -0.39 is 16.2 Å². The van der Waals surface area contributed by atoms with Crippen LogP contribution in [0.3, 0.4) is 0 Å². The summed E-state index contributed by atoms with van der Waals surface area (Å²) in [6.07, 6.45) is 4.48. The summed E-state index contributed by atoms with van der Waals surface area (Å²) in [5, 5.41) is 1.67. The van der Waals surface area contributed by atoms with Gasteiger partial charge in [0.1, 0.15) is 6.10 Å². The lowest BCUT2D eigenvalue weighted by molar-refractivity contribution is 0.203. The van der Waals surface area contributed by atoms with Crippen LogP contribution in [-0.2, 0) is 20.7 Å². The molecule has 6 heteroatoms. The highest BCUT2D eigenvalue weighted by Crippen LogP contribution is 2.29. The standard InChI is InChI=1S/C31H30ClNO3S/c1-4-37(34,35)36-31(19-15-24-9-5-6-11-29(24)22(2)3)26-10-7-8-23(20-26)12-17-28-18-14-25-13-16-27(32)21-30(25)33-28/h5-14,16-18,20-21,31H,2,4,15,19H2,1,3H3/b17-12+/t31-/m0/s1. The zero-order valence-electron chi connectivity index (χ0n) is 21.0. The average Bonchev–Trinajstić information content (AvgIpc) is 2.89. The molecule has 0 spiro atoms. The molecule has 4 aromatic rings. The Morgan fingerprint density at radius 2 is 1.81 bits per heavy atom. The molecule has 0 aliphatic rings. The number of nitrogens with zero attached hydrogens (tertiary/aromatic N) is 1. The van der Waals surface area contributed by atoms with Gasteiger partial charge < -0.3 is 0 Å². The van der Waals surface area contributed by atoms with Crippen LogP contribution in [0.4, 0.5) is 0 Å². The first-order valence-electron chi connectivity index (χ1n) is 12.2. The molecule has 37 heavy (non-hydrogen) atoms. The molecule has 3 aromatic carbocycles. The topological polar surface area (TPSA) is 56.3 Å². The largest absolute Gasteiger partial charge is 0.267 e. The molecule has 1 aromatic heterocycles. The predicted molar refractivity (Wildman–Crippen MR) is 155 cm³/mol. The van der Waals surface area contributed by atoms with E-state index in [0.29, 0.717) is 17.9 Å². The Hall–Kier alpha value is -3.25. The fourth-order valence-corrected chi connectivity index (χ4v) is 5.06. The van der Waals surface area contributed by atoms with Crippen LogP contribution in [0.1, 0.15) is 54.3 Å². The van der Waals surface area contributed by atoms with Crippen LogP contribution < -0.4 is 0 Å². The molecule has 0 aliphatic carbocycles. The molecule has 0 amide bonds.